The van der Waals surface area contributed by atoms with Crippen molar-refractivity contribution in [1.29, 1.82) is 0 Å². The molecular formula is C23H29F3. The molecule has 0 bridgehead atoms. The van der Waals surface area contributed by atoms with E-state index in [4.69, 9.17) is 0 Å². The van der Waals surface area contributed by atoms with Crippen molar-refractivity contribution in [3.8, 4) is 0 Å². The van der Waals surface area contributed by atoms with Crippen LogP contribution in [0.3, 0.4) is 0 Å². The van der Waals surface area contributed by atoms with Crippen molar-refractivity contribution >= 4 is 0 Å². The number of rotatable bonds is 6. The topological polar surface area (TPSA) is 0 Å². The van der Waals surface area contributed by atoms with Crippen LogP contribution in [0, 0.1) is 29.3 Å². The Morgan fingerprint density at radius 2 is 1.65 bits per heavy atom. The van der Waals surface area contributed by atoms with Crippen molar-refractivity contribution in [3.63, 3.8) is 0 Å². The molecule has 1 fully saturated rings. The number of benzene rings is 1. The minimum atomic E-state index is -1.39. The van der Waals surface area contributed by atoms with Crippen molar-refractivity contribution in [2.45, 2.75) is 70.6 Å². The number of halogens is 3. The zero-order valence-electron chi connectivity index (χ0n) is 15.6. The third-order valence-corrected chi connectivity index (χ3v) is 6.10. The average molecular weight is 362 g/mol. The first-order valence-corrected chi connectivity index (χ1v) is 10.1. The van der Waals surface area contributed by atoms with E-state index in [1.54, 1.807) is 0 Å². The van der Waals surface area contributed by atoms with E-state index in [1.165, 1.54) is 56.9 Å². The summed E-state index contributed by atoms with van der Waals surface area (Å²) in [6.45, 7) is 2.25. The lowest BCUT2D eigenvalue weighted by atomic mass is 9.75. The van der Waals surface area contributed by atoms with E-state index < -0.39 is 17.5 Å². The fourth-order valence-corrected chi connectivity index (χ4v) is 4.44. The van der Waals surface area contributed by atoms with E-state index in [9.17, 15) is 13.2 Å². The van der Waals surface area contributed by atoms with E-state index in [0.29, 0.717) is 11.5 Å². The van der Waals surface area contributed by atoms with Gasteiger partial charge < -0.3 is 0 Å². The van der Waals surface area contributed by atoms with Crippen molar-refractivity contribution in [2.75, 3.05) is 0 Å². The maximum absolute atomic E-state index is 13.5. The van der Waals surface area contributed by atoms with Gasteiger partial charge in [0, 0.05) is 5.92 Å². The predicted octanol–water partition coefficient (Wildman–Crippen LogP) is 7.46. The highest BCUT2D eigenvalue weighted by atomic mass is 19.2. The minimum Gasteiger partial charge on any atom is -0.204 e. The van der Waals surface area contributed by atoms with Crippen molar-refractivity contribution in [1.82, 2.24) is 0 Å². The first-order valence-electron chi connectivity index (χ1n) is 10.1. The number of unbranched alkanes of at least 4 members (excludes halogenated alkanes) is 2. The van der Waals surface area contributed by atoms with Gasteiger partial charge in [-0.1, -0.05) is 50.8 Å². The quantitative estimate of drug-likeness (QED) is 0.364. The summed E-state index contributed by atoms with van der Waals surface area (Å²) in [6.07, 6.45) is 17.6. The molecule has 1 unspecified atom stereocenters. The second-order valence-corrected chi connectivity index (χ2v) is 7.92. The molecular weight excluding hydrogens is 333 g/mol. The Balaban J connectivity index is 1.54. The van der Waals surface area contributed by atoms with Crippen LogP contribution in [0.4, 0.5) is 13.2 Å². The van der Waals surface area contributed by atoms with Crippen molar-refractivity contribution in [3.05, 3.63) is 58.9 Å². The summed E-state index contributed by atoms with van der Waals surface area (Å²) in [5.41, 5.74) is 1.88. The molecule has 1 saturated carbocycles. The third kappa shape index (κ3) is 4.61. The molecule has 0 N–H and O–H groups in total. The van der Waals surface area contributed by atoms with E-state index in [-0.39, 0.29) is 5.92 Å². The first kappa shape index (κ1) is 19.3. The Labute approximate surface area is 155 Å². The molecule has 0 aliphatic heterocycles. The van der Waals surface area contributed by atoms with Crippen LogP contribution in [0.15, 0.2) is 35.9 Å². The summed E-state index contributed by atoms with van der Waals surface area (Å²) in [4.78, 5) is 0. The smallest absolute Gasteiger partial charge is 0.194 e. The largest absolute Gasteiger partial charge is 0.204 e. The molecule has 3 heteroatoms. The molecule has 0 radical (unpaired) electrons. The van der Waals surface area contributed by atoms with Gasteiger partial charge in [-0.25, -0.2) is 13.2 Å². The molecule has 142 valence electrons. The fraction of sp³-hybridized carbons (Fsp3) is 0.565. The molecule has 3 rings (SSSR count). The zero-order chi connectivity index (χ0) is 18.5. The molecule has 0 aromatic heterocycles. The summed E-state index contributed by atoms with van der Waals surface area (Å²) < 4.78 is 40.0. The van der Waals surface area contributed by atoms with Crippen LogP contribution in [0.1, 0.15) is 76.2 Å². The van der Waals surface area contributed by atoms with E-state index in [1.807, 2.05) is 6.08 Å². The lowest BCUT2D eigenvalue weighted by Crippen LogP contribution is -2.17. The zero-order valence-corrected chi connectivity index (χ0v) is 15.6. The summed E-state index contributed by atoms with van der Waals surface area (Å²) in [6, 6.07) is 2.24. The first-order chi connectivity index (χ1) is 12.6. The normalized spacial score (nSPS) is 26.0. The second-order valence-electron chi connectivity index (χ2n) is 7.92. The van der Waals surface area contributed by atoms with Gasteiger partial charge in [0.05, 0.1) is 0 Å². The molecule has 1 aromatic carbocycles. The SMILES string of the molecule is CCCCC[C@H]1CC[C@H](C2=CCC(c3cc(F)c(F)c(F)c3)C=C2)CC1. The van der Waals surface area contributed by atoms with Crippen LogP contribution in [-0.2, 0) is 0 Å². The summed E-state index contributed by atoms with van der Waals surface area (Å²) in [5, 5.41) is 0. The second kappa shape index (κ2) is 8.92. The lowest BCUT2D eigenvalue weighted by Gasteiger charge is -2.31. The summed E-state index contributed by atoms with van der Waals surface area (Å²) in [5.74, 6) is -2.16. The molecule has 0 saturated heterocycles. The van der Waals surface area contributed by atoms with Crippen LogP contribution < -0.4 is 0 Å². The van der Waals surface area contributed by atoms with Crippen molar-refractivity contribution < 1.29 is 13.2 Å². The molecule has 1 atom stereocenters. The standard InChI is InChI=1S/C23H29F3/c1-2-3-4-5-16-6-8-17(9-7-16)18-10-12-19(13-11-18)20-14-21(24)23(26)22(25)15-20/h10-12,14-17,19H,2-9,13H2,1H3/t16-,17-,19?. The molecule has 2 aliphatic rings. The Kier molecular flexibility index (Phi) is 6.61. The molecule has 0 nitrogen and oxygen atoms in total. The maximum Gasteiger partial charge on any atom is 0.194 e. The number of hydrogen-bond donors (Lipinski definition) is 0. The van der Waals surface area contributed by atoms with E-state index in [0.717, 1.165) is 24.5 Å². The van der Waals surface area contributed by atoms with E-state index in [2.05, 4.69) is 19.1 Å². The van der Waals surface area contributed by atoms with Gasteiger partial charge in [-0.05, 0) is 67.2 Å². The summed E-state index contributed by atoms with van der Waals surface area (Å²) >= 11 is 0. The molecule has 2 aliphatic carbocycles. The van der Waals surface area contributed by atoms with Crippen LogP contribution in [0.5, 0.6) is 0 Å². The van der Waals surface area contributed by atoms with Gasteiger partial charge in [-0.3, -0.25) is 0 Å². The Hall–Kier alpha value is -1.51. The van der Waals surface area contributed by atoms with Gasteiger partial charge in [0.15, 0.2) is 17.5 Å². The highest BCUT2D eigenvalue weighted by Crippen LogP contribution is 2.39. The molecule has 0 heterocycles. The van der Waals surface area contributed by atoms with Gasteiger partial charge in [0.25, 0.3) is 0 Å². The number of hydrogen-bond acceptors (Lipinski definition) is 0. The monoisotopic (exact) mass is 362 g/mol. The maximum atomic E-state index is 13.5. The van der Waals surface area contributed by atoms with Crippen LogP contribution in [0.25, 0.3) is 0 Å². The van der Waals surface area contributed by atoms with Crippen LogP contribution in [0.2, 0.25) is 0 Å². The van der Waals surface area contributed by atoms with Gasteiger partial charge in [0.1, 0.15) is 0 Å². The molecule has 0 amide bonds. The van der Waals surface area contributed by atoms with Crippen LogP contribution in [-0.4, -0.2) is 0 Å². The Morgan fingerprint density at radius 3 is 2.23 bits per heavy atom. The molecule has 26 heavy (non-hydrogen) atoms. The van der Waals surface area contributed by atoms with Gasteiger partial charge >= 0.3 is 0 Å². The van der Waals surface area contributed by atoms with Crippen LogP contribution >= 0.6 is 0 Å². The van der Waals surface area contributed by atoms with Gasteiger partial charge in [-0.15, -0.1) is 0 Å². The Bertz CT molecular complexity index is 643. The highest BCUT2D eigenvalue weighted by molar-refractivity contribution is 5.35. The molecule has 1 aromatic rings. The lowest BCUT2D eigenvalue weighted by molar-refractivity contribution is 0.283. The Morgan fingerprint density at radius 1 is 0.962 bits per heavy atom. The van der Waals surface area contributed by atoms with Gasteiger partial charge in [0.2, 0.25) is 0 Å². The van der Waals surface area contributed by atoms with Crippen molar-refractivity contribution in [2.24, 2.45) is 11.8 Å². The van der Waals surface area contributed by atoms with E-state index >= 15 is 0 Å². The highest BCUT2D eigenvalue weighted by Gasteiger charge is 2.24. The minimum absolute atomic E-state index is 0.0752. The number of allylic oxidation sites excluding steroid dienone is 4. The third-order valence-electron chi connectivity index (χ3n) is 6.10. The molecule has 0 spiro atoms. The fourth-order valence-electron chi connectivity index (χ4n) is 4.44. The summed E-state index contributed by atoms with van der Waals surface area (Å²) in [7, 11) is 0. The predicted molar refractivity (Wildman–Crippen MR) is 100 cm³/mol. The van der Waals surface area contributed by atoms with Gasteiger partial charge in [-0.2, -0.15) is 0 Å². The average Bonchev–Trinajstić information content (AvgIpc) is 2.67.